The Hall–Kier alpha value is -1.14. The van der Waals surface area contributed by atoms with Crippen LogP contribution in [0.25, 0.3) is 0 Å². The molecule has 0 spiro atoms. The first-order valence-corrected chi connectivity index (χ1v) is 6.78. The zero-order valence-corrected chi connectivity index (χ0v) is 12.4. The molecule has 1 aromatic rings. The predicted molar refractivity (Wildman–Crippen MR) is 74.3 cm³/mol. The maximum atomic E-state index is 11.7. The second kappa shape index (κ2) is 6.15. The number of aromatic nitrogens is 1. The lowest BCUT2D eigenvalue weighted by Gasteiger charge is -2.32. The number of nitrogens with zero attached hydrogens (tertiary/aromatic N) is 2. The fraction of sp³-hybridized carbons (Fsp3) is 0.667. The second-order valence-electron chi connectivity index (χ2n) is 4.81. The molecule has 0 atom stereocenters. The van der Waals surface area contributed by atoms with E-state index >= 15 is 0 Å². The first-order valence-electron chi connectivity index (χ1n) is 5.90. The standard InChI is InChI=1S/C12H21N3O2S/c1-6-17-11(16)9-10(18-8-14-9)13-7-12(2,3)15(4)5/h8,13H,6-7H2,1-5H3. The normalized spacial score (nSPS) is 11.7. The minimum atomic E-state index is -0.371. The molecule has 0 saturated heterocycles. The van der Waals surface area contributed by atoms with Crippen LogP contribution < -0.4 is 5.32 Å². The van der Waals surface area contributed by atoms with E-state index in [0.29, 0.717) is 12.3 Å². The van der Waals surface area contributed by atoms with Crippen molar-refractivity contribution in [3.05, 3.63) is 11.2 Å². The van der Waals surface area contributed by atoms with Crippen LogP contribution in [0, 0.1) is 0 Å². The number of anilines is 1. The van der Waals surface area contributed by atoms with Crippen molar-refractivity contribution in [2.24, 2.45) is 0 Å². The third kappa shape index (κ3) is 3.68. The van der Waals surface area contributed by atoms with Gasteiger partial charge in [-0.05, 0) is 34.9 Å². The van der Waals surface area contributed by atoms with Crippen molar-refractivity contribution in [3.8, 4) is 0 Å². The van der Waals surface area contributed by atoms with Crippen LogP contribution in [0.3, 0.4) is 0 Å². The number of thiazole rings is 1. The highest BCUT2D eigenvalue weighted by molar-refractivity contribution is 7.14. The quantitative estimate of drug-likeness (QED) is 0.803. The molecule has 0 amide bonds. The average molecular weight is 271 g/mol. The molecule has 6 heteroatoms. The Kier molecular flexibility index (Phi) is 5.10. The number of esters is 1. The first kappa shape index (κ1) is 14.9. The molecule has 0 aliphatic heterocycles. The van der Waals surface area contributed by atoms with Crippen molar-refractivity contribution in [2.75, 3.05) is 32.6 Å². The van der Waals surface area contributed by atoms with E-state index in [2.05, 4.69) is 29.0 Å². The van der Waals surface area contributed by atoms with Crippen LogP contribution in [0.1, 0.15) is 31.3 Å². The van der Waals surface area contributed by atoms with Crippen molar-refractivity contribution < 1.29 is 9.53 Å². The molecule has 0 aliphatic carbocycles. The highest BCUT2D eigenvalue weighted by Crippen LogP contribution is 2.22. The van der Waals surface area contributed by atoms with Gasteiger partial charge in [-0.1, -0.05) is 0 Å². The van der Waals surface area contributed by atoms with E-state index in [4.69, 9.17) is 4.74 Å². The molecule has 5 nitrogen and oxygen atoms in total. The van der Waals surface area contributed by atoms with Gasteiger partial charge in [0.15, 0.2) is 5.69 Å². The summed E-state index contributed by atoms with van der Waals surface area (Å²) in [5, 5.41) is 4.03. The van der Waals surface area contributed by atoms with Crippen LogP contribution in [0.2, 0.25) is 0 Å². The number of carbonyl (C=O) groups is 1. The summed E-state index contributed by atoms with van der Waals surface area (Å²) in [7, 11) is 4.06. The van der Waals surface area contributed by atoms with Crippen molar-refractivity contribution in [3.63, 3.8) is 0 Å². The van der Waals surface area contributed by atoms with Crippen LogP contribution in [-0.4, -0.2) is 48.6 Å². The van der Waals surface area contributed by atoms with Crippen molar-refractivity contribution in [1.82, 2.24) is 9.88 Å². The van der Waals surface area contributed by atoms with Crippen molar-refractivity contribution >= 4 is 22.3 Å². The van der Waals surface area contributed by atoms with Gasteiger partial charge in [-0.3, -0.25) is 0 Å². The topological polar surface area (TPSA) is 54.5 Å². The number of hydrogen-bond acceptors (Lipinski definition) is 6. The molecule has 0 fully saturated rings. The van der Waals surface area contributed by atoms with Crippen LogP contribution >= 0.6 is 11.3 Å². The number of hydrogen-bond donors (Lipinski definition) is 1. The van der Waals surface area contributed by atoms with E-state index in [-0.39, 0.29) is 11.5 Å². The average Bonchev–Trinajstić information content (AvgIpc) is 2.74. The smallest absolute Gasteiger partial charge is 0.360 e. The van der Waals surface area contributed by atoms with E-state index < -0.39 is 0 Å². The molecule has 0 radical (unpaired) electrons. The number of carbonyl (C=O) groups excluding carboxylic acids is 1. The SMILES string of the molecule is CCOC(=O)c1ncsc1NCC(C)(C)N(C)C. The Labute approximate surface area is 112 Å². The molecule has 1 heterocycles. The first-order chi connectivity index (χ1) is 8.38. The number of nitrogens with one attached hydrogen (secondary N) is 1. The van der Waals surface area contributed by atoms with Gasteiger partial charge < -0.3 is 15.0 Å². The third-order valence-corrected chi connectivity index (χ3v) is 3.71. The zero-order valence-electron chi connectivity index (χ0n) is 11.6. The molecule has 1 rings (SSSR count). The highest BCUT2D eigenvalue weighted by atomic mass is 32.1. The van der Waals surface area contributed by atoms with E-state index in [9.17, 15) is 4.79 Å². The lowest BCUT2D eigenvalue weighted by atomic mass is 10.0. The van der Waals surface area contributed by atoms with Gasteiger partial charge in [-0.25, -0.2) is 9.78 Å². The number of ether oxygens (including phenoxy) is 1. The Morgan fingerprint density at radius 3 is 2.78 bits per heavy atom. The molecule has 0 aromatic carbocycles. The van der Waals surface area contributed by atoms with Crippen molar-refractivity contribution in [1.29, 1.82) is 0 Å². The molecule has 0 unspecified atom stereocenters. The lowest BCUT2D eigenvalue weighted by molar-refractivity contribution is 0.0521. The summed E-state index contributed by atoms with van der Waals surface area (Å²) < 4.78 is 4.96. The summed E-state index contributed by atoms with van der Waals surface area (Å²) in [4.78, 5) is 17.8. The molecule has 18 heavy (non-hydrogen) atoms. The van der Waals surface area contributed by atoms with E-state index in [1.165, 1.54) is 11.3 Å². The maximum Gasteiger partial charge on any atom is 0.360 e. The highest BCUT2D eigenvalue weighted by Gasteiger charge is 2.22. The minimum Gasteiger partial charge on any atom is -0.461 e. The van der Waals surface area contributed by atoms with E-state index in [0.717, 1.165) is 11.5 Å². The summed E-state index contributed by atoms with van der Waals surface area (Å²) in [5.41, 5.74) is 2.02. The van der Waals surface area contributed by atoms with E-state index in [1.807, 2.05) is 14.1 Å². The summed E-state index contributed by atoms with van der Waals surface area (Å²) in [6, 6.07) is 0. The maximum absolute atomic E-state index is 11.7. The van der Waals surface area contributed by atoms with Gasteiger partial charge in [0.05, 0.1) is 12.1 Å². The summed E-state index contributed by atoms with van der Waals surface area (Å²) in [6.07, 6.45) is 0. The summed E-state index contributed by atoms with van der Waals surface area (Å²) in [5.74, 6) is -0.371. The molecular weight excluding hydrogens is 250 g/mol. The lowest BCUT2D eigenvalue weighted by Crippen LogP contribution is -2.44. The zero-order chi connectivity index (χ0) is 13.8. The Balaban J connectivity index is 2.69. The summed E-state index contributed by atoms with van der Waals surface area (Å²) in [6.45, 7) is 7.14. The fourth-order valence-corrected chi connectivity index (χ4v) is 1.84. The molecule has 0 aliphatic rings. The Morgan fingerprint density at radius 1 is 1.56 bits per heavy atom. The molecule has 0 bridgehead atoms. The Morgan fingerprint density at radius 2 is 2.22 bits per heavy atom. The molecule has 1 N–H and O–H groups in total. The van der Waals surface area contributed by atoms with Crippen LogP contribution in [-0.2, 0) is 4.74 Å². The van der Waals surface area contributed by atoms with Crippen molar-refractivity contribution in [2.45, 2.75) is 26.3 Å². The van der Waals surface area contributed by atoms with Gasteiger partial charge in [-0.2, -0.15) is 0 Å². The van der Waals surface area contributed by atoms with Gasteiger partial charge >= 0.3 is 5.97 Å². The molecular formula is C12H21N3O2S. The third-order valence-electron chi connectivity index (χ3n) is 2.93. The van der Waals surface area contributed by atoms with Gasteiger partial charge in [0.25, 0.3) is 0 Å². The van der Waals surface area contributed by atoms with Gasteiger partial charge in [0, 0.05) is 12.1 Å². The largest absolute Gasteiger partial charge is 0.461 e. The monoisotopic (exact) mass is 271 g/mol. The summed E-state index contributed by atoms with van der Waals surface area (Å²) >= 11 is 1.41. The van der Waals surface area contributed by atoms with Gasteiger partial charge in [-0.15, -0.1) is 11.3 Å². The fourth-order valence-electron chi connectivity index (χ4n) is 1.17. The minimum absolute atomic E-state index is 0.00405. The second-order valence-corrected chi connectivity index (χ2v) is 5.67. The van der Waals surface area contributed by atoms with Gasteiger partial charge in [0.1, 0.15) is 5.00 Å². The molecule has 1 aromatic heterocycles. The number of likely N-dealkylation sites (N-methyl/N-ethyl adjacent to an activating group) is 1. The number of rotatable bonds is 6. The van der Waals surface area contributed by atoms with Crippen LogP contribution in [0.15, 0.2) is 5.51 Å². The van der Waals surface area contributed by atoms with Crippen LogP contribution in [0.5, 0.6) is 0 Å². The van der Waals surface area contributed by atoms with Gasteiger partial charge in [0.2, 0.25) is 0 Å². The molecule has 0 saturated carbocycles. The Bertz CT molecular complexity index is 402. The predicted octanol–water partition coefficient (Wildman–Crippen LogP) is 2.07. The molecule has 102 valence electrons. The van der Waals surface area contributed by atoms with E-state index in [1.54, 1.807) is 12.4 Å². The van der Waals surface area contributed by atoms with Crippen LogP contribution in [0.4, 0.5) is 5.00 Å².